The topological polar surface area (TPSA) is 39.1 Å². The highest BCUT2D eigenvalue weighted by Crippen LogP contribution is 2.31. The Kier molecular flexibility index (Phi) is 6.29. The lowest BCUT2D eigenvalue weighted by molar-refractivity contribution is 0.135. The number of nitrogens with one attached hydrogen (secondary N) is 1. The molecule has 0 saturated heterocycles. The molecule has 3 heteroatoms. The van der Waals surface area contributed by atoms with Gasteiger partial charge >= 0.3 is 0 Å². The maximum Gasteiger partial charge on any atom is 0.108 e. The SMILES string of the molecule is CC(C)CCN(C)C1CCCC(C#N)(NC(C)C)C1. The molecule has 19 heavy (non-hydrogen) atoms. The van der Waals surface area contributed by atoms with E-state index >= 15 is 0 Å². The van der Waals surface area contributed by atoms with Crippen molar-refractivity contribution < 1.29 is 0 Å². The van der Waals surface area contributed by atoms with Crippen LogP contribution in [0.25, 0.3) is 0 Å². The van der Waals surface area contributed by atoms with Crippen LogP contribution in [0.4, 0.5) is 0 Å². The molecule has 0 aromatic heterocycles. The first-order chi connectivity index (χ1) is 8.88. The Balaban J connectivity index is 2.59. The molecule has 110 valence electrons. The molecule has 1 saturated carbocycles. The van der Waals surface area contributed by atoms with Crippen molar-refractivity contribution >= 4 is 0 Å². The predicted molar refractivity (Wildman–Crippen MR) is 81.0 cm³/mol. The van der Waals surface area contributed by atoms with Crippen LogP contribution < -0.4 is 5.32 Å². The Hall–Kier alpha value is -0.590. The summed E-state index contributed by atoms with van der Waals surface area (Å²) >= 11 is 0. The minimum atomic E-state index is -0.302. The highest BCUT2D eigenvalue weighted by molar-refractivity contribution is 5.11. The Morgan fingerprint density at radius 2 is 2.05 bits per heavy atom. The van der Waals surface area contributed by atoms with Gasteiger partial charge in [0.1, 0.15) is 5.54 Å². The molecule has 1 aliphatic rings. The van der Waals surface area contributed by atoms with Gasteiger partial charge in [-0.2, -0.15) is 5.26 Å². The summed E-state index contributed by atoms with van der Waals surface area (Å²) in [6.07, 6.45) is 5.60. The van der Waals surface area contributed by atoms with Crippen LogP contribution in [0.2, 0.25) is 0 Å². The van der Waals surface area contributed by atoms with Gasteiger partial charge in [0.25, 0.3) is 0 Å². The van der Waals surface area contributed by atoms with Crippen LogP contribution in [0.3, 0.4) is 0 Å². The van der Waals surface area contributed by atoms with Crippen molar-refractivity contribution in [3.05, 3.63) is 0 Å². The first-order valence-electron chi connectivity index (χ1n) is 7.78. The van der Waals surface area contributed by atoms with E-state index in [9.17, 15) is 5.26 Å². The van der Waals surface area contributed by atoms with Crippen LogP contribution >= 0.6 is 0 Å². The Labute approximate surface area is 119 Å². The first-order valence-corrected chi connectivity index (χ1v) is 7.78. The molecule has 1 aliphatic carbocycles. The molecule has 0 aromatic rings. The Morgan fingerprint density at radius 3 is 2.58 bits per heavy atom. The van der Waals surface area contributed by atoms with Gasteiger partial charge in [-0.05, 0) is 65.5 Å². The summed E-state index contributed by atoms with van der Waals surface area (Å²) in [7, 11) is 2.22. The number of hydrogen-bond donors (Lipinski definition) is 1. The van der Waals surface area contributed by atoms with Gasteiger partial charge in [-0.25, -0.2) is 0 Å². The zero-order valence-corrected chi connectivity index (χ0v) is 13.4. The van der Waals surface area contributed by atoms with Gasteiger partial charge in [-0.3, -0.25) is 5.32 Å². The van der Waals surface area contributed by atoms with Gasteiger partial charge in [0.2, 0.25) is 0 Å². The number of nitrogens with zero attached hydrogens (tertiary/aromatic N) is 2. The monoisotopic (exact) mass is 265 g/mol. The minimum absolute atomic E-state index is 0.302. The van der Waals surface area contributed by atoms with Gasteiger partial charge in [0.15, 0.2) is 0 Å². The fraction of sp³-hybridized carbons (Fsp3) is 0.938. The lowest BCUT2D eigenvalue weighted by Gasteiger charge is -2.41. The smallest absolute Gasteiger partial charge is 0.108 e. The molecule has 1 rings (SSSR count). The largest absolute Gasteiger partial charge is 0.303 e. The summed E-state index contributed by atoms with van der Waals surface area (Å²) in [5, 5.41) is 13.1. The molecule has 0 spiro atoms. The van der Waals surface area contributed by atoms with Gasteiger partial charge in [0, 0.05) is 12.1 Å². The normalized spacial score (nSPS) is 28.1. The van der Waals surface area contributed by atoms with Crippen LogP contribution in [-0.4, -0.2) is 36.1 Å². The van der Waals surface area contributed by atoms with E-state index in [1.54, 1.807) is 0 Å². The standard InChI is InChI=1S/C16H31N3/c1-13(2)8-10-19(5)15-7-6-9-16(11-15,12-17)18-14(3)4/h13-15,18H,6-11H2,1-5H3. The molecule has 1 N–H and O–H groups in total. The Bertz CT molecular complexity index is 306. The van der Waals surface area contributed by atoms with Crippen molar-refractivity contribution in [3.8, 4) is 6.07 Å². The molecule has 3 nitrogen and oxygen atoms in total. The molecule has 0 radical (unpaired) electrons. The van der Waals surface area contributed by atoms with Crippen molar-refractivity contribution in [1.29, 1.82) is 5.26 Å². The second kappa shape index (κ2) is 7.26. The zero-order chi connectivity index (χ0) is 14.5. The summed E-state index contributed by atoms with van der Waals surface area (Å²) in [5.41, 5.74) is -0.302. The summed E-state index contributed by atoms with van der Waals surface area (Å²) in [5.74, 6) is 0.751. The van der Waals surface area contributed by atoms with Gasteiger partial charge in [0.05, 0.1) is 6.07 Å². The molecule has 0 amide bonds. The molecule has 1 fully saturated rings. The van der Waals surface area contributed by atoms with E-state index in [0.29, 0.717) is 12.1 Å². The molecule has 2 unspecified atom stereocenters. The average Bonchev–Trinajstić information content (AvgIpc) is 2.35. The first kappa shape index (κ1) is 16.5. The lowest BCUT2D eigenvalue weighted by atomic mass is 9.79. The average molecular weight is 265 g/mol. The van der Waals surface area contributed by atoms with E-state index in [1.165, 1.54) is 12.8 Å². The molecular weight excluding hydrogens is 234 g/mol. The van der Waals surface area contributed by atoms with Gasteiger partial charge in [-0.15, -0.1) is 0 Å². The molecule has 0 aromatic carbocycles. The van der Waals surface area contributed by atoms with E-state index in [0.717, 1.165) is 31.7 Å². The van der Waals surface area contributed by atoms with E-state index in [4.69, 9.17) is 0 Å². The number of nitriles is 1. The fourth-order valence-corrected chi connectivity index (χ4v) is 3.08. The van der Waals surface area contributed by atoms with E-state index in [2.05, 4.69) is 51.0 Å². The summed E-state index contributed by atoms with van der Waals surface area (Å²) in [6.45, 7) is 9.95. The molecular formula is C16H31N3. The van der Waals surface area contributed by atoms with E-state index in [-0.39, 0.29) is 5.54 Å². The van der Waals surface area contributed by atoms with E-state index in [1.807, 2.05) is 0 Å². The number of hydrogen-bond acceptors (Lipinski definition) is 3. The number of rotatable bonds is 6. The second-order valence-corrected chi connectivity index (χ2v) is 6.91. The van der Waals surface area contributed by atoms with Crippen molar-refractivity contribution in [1.82, 2.24) is 10.2 Å². The minimum Gasteiger partial charge on any atom is -0.303 e. The van der Waals surface area contributed by atoms with Gasteiger partial charge < -0.3 is 4.90 Å². The fourth-order valence-electron chi connectivity index (χ4n) is 3.08. The van der Waals surface area contributed by atoms with Crippen molar-refractivity contribution in [2.75, 3.05) is 13.6 Å². The van der Waals surface area contributed by atoms with Crippen molar-refractivity contribution in [2.45, 2.75) is 77.4 Å². The summed E-state index contributed by atoms with van der Waals surface area (Å²) in [6, 6.07) is 3.49. The van der Waals surface area contributed by atoms with Crippen LogP contribution in [0.5, 0.6) is 0 Å². The molecule has 0 bridgehead atoms. The maximum absolute atomic E-state index is 9.58. The maximum atomic E-state index is 9.58. The highest BCUT2D eigenvalue weighted by atomic mass is 15.1. The molecule has 0 heterocycles. The zero-order valence-electron chi connectivity index (χ0n) is 13.4. The molecule has 2 atom stereocenters. The Morgan fingerprint density at radius 1 is 1.37 bits per heavy atom. The molecule has 0 aliphatic heterocycles. The third-order valence-electron chi connectivity index (χ3n) is 4.19. The van der Waals surface area contributed by atoms with Crippen LogP contribution in [0.1, 0.15) is 59.8 Å². The third-order valence-corrected chi connectivity index (χ3v) is 4.19. The van der Waals surface area contributed by atoms with E-state index < -0.39 is 0 Å². The second-order valence-electron chi connectivity index (χ2n) is 6.91. The predicted octanol–water partition coefficient (Wildman–Crippen LogP) is 3.17. The van der Waals surface area contributed by atoms with Crippen LogP contribution in [0, 0.1) is 17.2 Å². The summed E-state index contributed by atoms with van der Waals surface area (Å²) < 4.78 is 0. The van der Waals surface area contributed by atoms with Gasteiger partial charge in [-0.1, -0.05) is 13.8 Å². The quantitative estimate of drug-likeness (QED) is 0.802. The third kappa shape index (κ3) is 5.12. The highest BCUT2D eigenvalue weighted by Gasteiger charge is 2.38. The van der Waals surface area contributed by atoms with Crippen LogP contribution in [-0.2, 0) is 0 Å². The van der Waals surface area contributed by atoms with Crippen molar-refractivity contribution in [3.63, 3.8) is 0 Å². The van der Waals surface area contributed by atoms with Crippen molar-refractivity contribution in [2.24, 2.45) is 5.92 Å². The summed E-state index contributed by atoms with van der Waals surface area (Å²) in [4.78, 5) is 2.47. The van der Waals surface area contributed by atoms with Crippen LogP contribution in [0.15, 0.2) is 0 Å². The lowest BCUT2D eigenvalue weighted by Crippen LogP contribution is -2.54.